The van der Waals surface area contributed by atoms with Crippen LogP contribution in [0.5, 0.6) is 11.5 Å². The first kappa shape index (κ1) is 24.0. The summed E-state index contributed by atoms with van der Waals surface area (Å²) < 4.78 is 22.3. The molecular weight excluding hydrogens is 440 g/mol. The molecule has 4 atom stereocenters. The van der Waals surface area contributed by atoms with Crippen molar-refractivity contribution in [2.45, 2.75) is 43.6 Å². The Balaban J connectivity index is 1.42. The molecule has 2 aliphatic rings. The van der Waals surface area contributed by atoms with Gasteiger partial charge in [0, 0.05) is 36.4 Å². The SMILES string of the molecule is COCC(=O)Nc1ccc2c(c1)[C@@H]1C[C@@H](CC(=O)NCc3ccccc3OC)O[C@H](CO)[C@@H]1O2. The lowest BCUT2D eigenvalue weighted by Crippen LogP contribution is -2.47. The van der Waals surface area contributed by atoms with E-state index in [4.69, 9.17) is 18.9 Å². The second-order valence-corrected chi connectivity index (χ2v) is 8.43. The molecule has 2 aromatic rings. The standard InChI is InChI=1S/C25H30N2O7/c1-31-14-24(30)27-16-7-8-21-18(9-16)19-10-17(33-22(13-28)25(19)34-21)11-23(29)26-12-15-5-3-4-6-20(15)32-2/h3-9,17,19,22,25,28H,10-14H2,1-2H3,(H,26,29)(H,27,30)/t17-,19-,22+,25+/m0/s1. The van der Waals surface area contributed by atoms with E-state index in [0.717, 1.165) is 11.1 Å². The number of hydrogen-bond acceptors (Lipinski definition) is 7. The molecule has 0 saturated carbocycles. The van der Waals surface area contributed by atoms with Gasteiger partial charge in [0.05, 0.1) is 26.2 Å². The van der Waals surface area contributed by atoms with Gasteiger partial charge in [-0.2, -0.15) is 0 Å². The van der Waals surface area contributed by atoms with Crippen molar-refractivity contribution in [3.63, 3.8) is 0 Å². The first-order valence-electron chi connectivity index (χ1n) is 11.3. The quantitative estimate of drug-likeness (QED) is 0.513. The molecule has 4 rings (SSSR count). The topological polar surface area (TPSA) is 115 Å². The van der Waals surface area contributed by atoms with Gasteiger partial charge in [0.1, 0.15) is 30.3 Å². The molecule has 1 fully saturated rings. The van der Waals surface area contributed by atoms with Crippen LogP contribution in [-0.4, -0.2) is 62.7 Å². The number of methoxy groups -OCH3 is 2. The van der Waals surface area contributed by atoms with Crippen molar-refractivity contribution in [2.24, 2.45) is 0 Å². The molecule has 9 nitrogen and oxygen atoms in total. The van der Waals surface area contributed by atoms with E-state index in [1.54, 1.807) is 19.2 Å². The highest BCUT2D eigenvalue weighted by molar-refractivity contribution is 5.92. The summed E-state index contributed by atoms with van der Waals surface area (Å²) in [4.78, 5) is 24.6. The van der Waals surface area contributed by atoms with Gasteiger partial charge in [0.2, 0.25) is 11.8 Å². The zero-order valence-electron chi connectivity index (χ0n) is 19.3. The fourth-order valence-electron chi connectivity index (χ4n) is 4.62. The lowest BCUT2D eigenvalue weighted by atomic mass is 9.84. The van der Waals surface area contributed by atoms with Crippen LogP contribution < -0.4 is 20.1 Å². The largest absolute Gasteiger partial charge is 0.496 e. The lowest BCUT2D eigenvalue weighted by Gasteiger charge is -2.37. The van der Waals surface area contributed by atoms with Gasteiger partial charge in [-0.25, -0.2) is 0 Å². The second kappa shape index (κ2) is 10.9. The average molecular weight is 471 g/mol. The Morgan fingerprint density at radius 3 is 2.74 bits per heavy atom. The molecule has 0 unspecified atom stereocenters. The summed E-state index contributed by atoms with van der Waals surface area (Å²) in [5.41, 5.74) is 2.46. The Kier molecular flexibility index (Phi) is 7.66. The van der Waals surface area contributed by atoms with Crippen LogP contribution in [0.1, 0.15) is 29.9 Å². The number of carbonyl (C=O) groups excluding carboxylic acids is 2. The first-order valence-corrected chi connectivity index (χ1v) is 11.3. The highest BCUT2D eigenvalue weighted by atomic mass is 16.6. The van der Waals surface area contributed by atoms with Crippen molar-refractivity contribution >= 4 is 17.5 Å². The minimum absolute atomic E-state index is 0.0356. The number of para-hydroxylation sites is 1. The van der Waals surface area contributed by atoms with E-state index in [9.17, 15) is 14.7 Å². The fraction of sp³-hybridized carbons (Fsp3) is 0.440. The zero-order valence-corrected chi connectivity index (χ0v) is 19.3. The Labute approximate surface area is 198 Å². The van der Waals surface area contributed by atoms with Crippen molar-refractivity contribution in [1.82, 2.24) is 5.32 Å². The van der Waals surface area contributed by atoms with E-state index in [1.165, 1.54) is 7.11 Å². The predicted octanol–water partition coefficient (Wildman–Crippen LogP) is 1.98. The second-order valence-electron chi connectivity index (χ2n) is 8.43. The molecule has 0 spiro atoms. The van der Waals surface area contributed by atoms with Gasteiger partial charge in [-0.15, -0.1) is 0 Å². The molecule has 0 radical (unpaired) electrons. The molecule has 0 aromatic heterocycles. The Morgan fingerprint density at radius 2 is 1.97 bits per heavy atom. The van der Waals surface area contributed by atoms with E-state index < -0.39 is 6.10 Å². The van der Waals surface area contributed by atoms with Crippen LogP contribution in [0.15, 0.2) is 42.5 Å². The van der Waals surface area contributed by atoms with Crippen LogP contribution in [0.3, 0.4) is 0 Å². The molecule has 0 bridgehead atoms. The monoisotopic (exact) mass is 470 g/mol. The van der Waals surface area contributed by atoms with E-state index in [2.05, 4.69) is 10.6 Å². The van der Waals surface area contributed by atoms with Crippen molar-refractivity contribution in [3.8, 4) is 11.5 Å². The minimum atomic E-state index is -0.551. The molecular formula is C25H30N2O7. The molecule has 0 aliphatic carbocycles. The van der Waals surface area contributed by atoms with Crippen molar-refractivity contribution < 1.29 is 33.6 Å². The third kappa shape index (κ3) is 5.32. The number of nitrogens with one attached hydrogen (secondary N) is 2. The maximum atomic E-state index is 12.7. The molecule has 2 heterocycles. The van der Waals surface area contributed by atoms with Crippen LogP contribution >= 0.6 is 0 Å². The summed E-state index contributed by atoms with van der Waals surface area (Å²) in [6, 6.07) is 13.0. The maximum absolute atomic E-state index is 12.7. The number of amides is 2. The minimum Gasteiger partial charge on any atom is -0.496 e. The molecule has 2 aliphatic heterocycles. The third-order valence-corrected chi connectivity index (χ3v) is 6.14. The van der Waals surface area contributed by atoms with E-state index in [0.29, 0.717) is 30.2 Å². The van der Waals surface area contributed by atoms with Crippen molar-refractivity contribution in [1.29, 1.82) is 0 Å². The van der Waals surface area contributed by atoms with Gasteiger partial charge < -0.3 is 34.7 Å². The van der Waals surface area contributed by atoms with Crippen LogP contribution in [-0.2, 0) is 25.6 Å². The van der Waals surface area contributed by atoms with Gasteiger partial charge in [0.15, 0.2) is 0 Å². The van der Waals surface area contributed by atoms with Crippen molar-refractivity contribution in [3.05, 3.63) is 53.6 Å². The normalized spacial score (nSPS) is 22.8. The third-order valence-electron chi connectivity index (χ3n) is 6.14. The summed E-state index contributed by atoms with van der Waals surface area (Å²) >= 11 is 0. The summed E-state index contributed by atoms with van der Waals surface area (Å²) in [5, 5.41) is 15.6. The molecule has 1 saturated heterocycles. The number of ether oxygens (including phenoxy) is 4. The van der Waals surface area contributed by atoms with Crippen LogP contribution in [0.2, 0.25) is 0 Å². The Bertz CT molecular complexity index is 1030. The van der Waals surface area contributed by atoms with E-state index in [1.807, 2.05) is 30.3 Å². The number of aliphatic hydroxyl groups is 1. The summed E-state index contributed by atoms with van der Waals surface area (Å²) in [5.74, 6) is 0.955. The van der Waals surface area contributed by atoms with Crippen LogP contribution in [0, 0.1) is 0 Å². The van der Waals surface area contributed by atoms with Gasteiger partial charge in [-0.05, 0) is 30.7 Å². The van der Waals surface area contributed by atoms with Gasteiger partial charge >= 0.3 is 0 Å². The number of fused-ring (bicyclic) bond motifs is 3. The van der Waals surface area contributed by atoms with E-state index >= 15 is 0 Å². The highest BCUT2D eigenvalue weighted by Gasteiger charge is 2.46. The van der Waals surface area contributed by atoms with Crippen molar-refractivity contribution in [2.75, 3.05) is 32.8 Å². The highest BCUT2D eigenvalue weighted by Crippen LogP contribution is 2.47. The van der Waals surface area contributed by atoms with Gasteiger partial charge in [-0.3, -0.25) is 9.59 Å². The number of carbonyl (C=O) groups is 2. The van der Waals surface area contributed by atoms with Gasteiger partial charge in [0.25, 0.3) is 0 Å². The van der Waals surface area contributed by atoms with Crippen LogP contribution in [0.4, 0.5) is 5.69 Å². The molecule has 34 heavy (non-hydrogen) atoms. The predicted molar refractivity (Wildman–Crippen MR) is 124 cm³/mol. The van der Waals surface area contributed by atoms with Gasteiger partial charge in [-0.1, -0.05) is 18.2 Å². The van der Waals surface area contributed by atoms with E-state index in [-0.39, 0.29) is 49.6 Å². The smallest absolute Gasteiger partial charge is 0.250 e. The fourth-order valence-corrected chi connectivity index (χ4v) is 4.62. The Morgan fingerprint density at radius 1 is 1.15 bits per heavy atom. The lowest BCUT2D eigenvalue weighted by molar-refractivity contribution is -0.142. The summed E-state index contributed by atoms with van der Waals surface area (Å²) in [6.45, 7) is 0.0968. The number of aliphatic hydroxyl groups excluding tert-OH is 1. The molecule has 9 heteroatoms. The maximum Gasteiger partial charge on any atom is 0.250 e. The summed E-state index contributed by atoms with van der Waals surface area (Å²) in [7, 11) is 3.06. The number of anilines is 1. The number of rotatable bonds is 9. The zero-order chi connectivity index (χ0) is 24.1. The van der Waals surface area contributed by atoms with Crippen LogP contribution in [0.25, 0.3) is 0 Å². The molecule has 3 N–H and O–H groups in total. The first-order chi connectivity index (χ1) is 16.5. The number of hydrogen-bond donors (Lipinski definition) is 3. The molecule has 2 amide bonds. The summed E-state index contributed by atoms with van der Waals surface area (Å²) in [6.07, 6.45) is -0.555. The Hall–Kier alpha value is -3.14. The molecule has 182 valence electrons. The molecule has 2 aromatic carbocycles. The average Bonchev–Trinajstić information content (AvgIpc) is 3.20. The number of benzene rings is 2.